The van der Waals surface area contributed by atoms with Gasteiger partial charge < -0.3 is 19.7 Å². The number of hydrogen-bond acceptors (Lipinski definition) is 8. The van der Waals surface area contributed by atoms with Gasteiger partial charge in [-0.2, -0.15) is 0 Å². The standard InChI is InChI=1S/C32H50O8/c1-27(2,40-37)13-8-9-19(25(35)38-6)20-12-14-29(4)21-10-11-22-30(5,26(36)39-7)23(33)17-24(34)32(22)18-31(21,32)16-15-28(20,29)3/h8,13,19-24,33-34,37H,9-12,14-18H2,1-7H3/b13-8+/t19-,20-,21+,22+,23+,24+,28-,29+,30+,31+,32-/m1/s1. The highest BCUT2D eigenvalue weighted by molar-refractivity contribution is 5.78. The van der Waals surface area contributed by atoms with Crippen LogP contribution in [0, 0.1) is 50.7 Å². The third kappa shape index (κ3) is 3.64. The number of aliphatic hydroxyl groups is 2. The number of carbonyl (C=O) groups excluding carboxylic acids is 2. The fourth-order valence-corrected chi connectivity index (χ4v) is 11.4. The second-order valence-electron chi connectivity index (χ2n) is 15.0. The Morgan fingerprint density at radius 3 is 2.25 bits per heavy atom. The average Bonchev–Trinajstić information content (AvgIpc) is 3.54. The van der Waals surface area contributed by atoms with Gasteiger partial charge in [-0.15, -0.1) is 0 Å². The van der Waals surface area contributed by atoms with E-state index in [9.17, 15) is 25.1 Å². The van der Waals surface area contributed by atoms with E-state index in [1.54, 1.807) is 19.9 Å². The van der Waals surface area contributed by atoms with Gasteiger partial charge in [0.15, 0.2) is 0 Å². The van der Waals surface area contributed by atoms with Crippen LogP contribution < -0.4 is 0 Å². The molecule has 3 N–H and O–H groups in total. The van der Waals surface area contributed by atoms with Crippen LogP contribution in [-0.2, 0) is 24.0 Å². The normalized spacial score (nSPS) is 48.4. The van der Waals surface area contributed by atoms with Crippen molar-refractivity contribution in [2.45, 2.75) is 110 Å². The highest BCUT2D eigenvalue weighted by Gasteiger charge is 2.85. The van der Waals surface area contributed by atoms with Crippen molar-refractivity contribution in [2.75, 3.05) is 14.2 Å². The molecular weight excluding hydrogens is 512 g/mol. The Morgan fingerprint density at radius 2 is 1.62 bits per heavy atom. The van der Waals surface area contributed by atoms with Crippen molar-refractivity contribution in [2.24, 2.45) is 50.7 Å². The lowest BCUT2D eigenvalue weighted by atomic mass is 9.41. The van der Waals surface area contributed by atoms with Crippen LogP contribution in [0.2, 0.25) is 0 Å². The Hall–Kier alpha value is -1.48. The molecule has 0 heterocycles. The molecule has 226 valence electrons. The second-order valence-corrected chi connectivity index (χ2v) is 15.0. The van der Waals surface area contributed by atoms with Gasteiger partial charge in [-0.1, -0.05) is 26.0 Å². The molecule has 8 nitrogen and oxygen atoms in total. The first-order chi connectivity index (χ1) is 18.6. The van der Waals surface area contributed by atoms with Crippen LogP contribution in [0.4, 0.5) is 0 Å². The molecule has 5 rings (SSSR count). The first kappa shape index (κ1) is 30.0. The molecule has 5 aliphatic rings. The Morgan fingerprint density at radius 1 is 0.950 bits per heavy atom. The molecule has 0 amide bonds. The van der Waals surface area contributed by atoms with Crippen molar-refractivity contribution in [1.29, 1.82) is 0 Å². The van der Waals surface area contributed by atoms with Gasteiger partial charge in [0.1, 0.15) is 5.60 Å². The Kier molecular flexibility index (Phi) is 7.13. The molecule has 5 fully saturated rings. The summed E-state index contributed by atoms with van der Waals surface area (Å²) in [6.45, 7) is 10.2. The Bertz CT molecular complexity index is 1070. The van der Waals surface area contributed by atoms with Crippen molar-refractivity contribution in [3.8, 4) is 0 Å². The maximum Gasteiger partial charge on any atom is 0.314 e. The Labute approximate surface area is 238 Å². The summed E-state index contributed by atoms with van der Waals surface area (Å²) in [6.07, 6.45) is 9.36. The molecule has 5 saturated carbocycles. The van der Waals surface area contributed by atoms with Gasteiger partial charge in [-0.25, -0.2) is 4.89 Å². The van der Waals surface area contributed by atoms with Gasteiger partial charge in [-0.05, 0) is 106 Å². The van der Waals surface area contributed by atoms with Gasteiger partial charge >= 0.3 is 11.9 Å². The molecule has 40 heavy (non-hydrogen) atoms. The molecule has 0 unspecified atom stereocenters. The van der Waals surface area contributed by atoms with Crippen LogP contribution in [0.15, 0.2) is 12.2 Å². The number of carbonyl (C=O) groups is 2. The first-order valence-corrected chi connectivity index (χ1v) is 15.2. The fourth-order valence-electron chi connectivity index (χ4n) is 11.4. The van der Waals surface area contributed by atoms with E-state index in [2.05, 4.69) is 18.7 Å². The van der Waals surface area contributed by atoms with E-state index in [0.29, 0.717) is 12.3 Å². The molecule has 0 aromatic carbocycles. The van der Waals surface area contributed by atoms with Gasteiger partial charge in [-0.3, -0.25) is 14.8 Å². The molecule has 2 spiro atoms. The van der Waals surface area contributed by atoms with Gasteiger partial charge in [0.05, 0.1) is 37.8 Å². The zero-order valence-electron chi connectivity index (χ0n) is 25.4. The predicted octanol–water partition coefficient (Wildman–Crippen LogP) is 4.91. The summed E-state index contributed by atoms with van der Waals surface area (Å²) >= 11 is 0. The van der Waals surface area contributed by atoms with E-state index in [1.807, 2.05) is 13.0 Å². The molecule has 0 radical (unpaired) electrons. The first-order valence-electron chi connectivity index (χ1n) is 15.2. The monoisotopic (exact) mass is 562 g/mol. The van der Waals surface area contributed by atoms with E-state index in [4.69, 9.17) is 9.47 Å². The van der Waals surface area contributed by atoms with Crippen molar-refractivity contribution in [3.63, 3.8) is 0 Å². The lowest BCUT2D eigenvalue weighted by Crippen LogP contribution is -2.63. The second kappa shape index (κ2) is 9.51. The maximum absolute atomic E-state index is 13.2. The zero-order valence-corrected chi connectivity index (χ0v) is 25.4. The van der Waals surface area contributed by atoms with E-state index in [0.717, 1.165) is 44.9 Å². The van der Waals surface area contributed by atoms with E-state index in [1.165, 1.54) is 14.2 Å². The third-order valence-corrected chi connectivity index (χ3v) is 13.6. The predicted molar refractivity (Wildman–Crippen MR) is 148 cm³/mol. The minimum Gasteiger partial charge on any atom is -0.469 e. The molecule has 0 bridgehead atoms. The molecule has 0 aromatic heterocycles. The number of allylic oxidation sites excluding steroid dienone is 1. The van der Waals surface area contributed by atoms with E-state index < -0.39 is 23.2 Å². The number of ether oxygens (including phenoxy) is 2. The van der Waals surface area contributed by atoms with E-state index in [-0.39, 0.29) is 57.8 Å². The largest absolute Gasteiger partial charge is 0.469 e. The van der Waals surface area contributed by atoms with Gasteiger partial charge in [0, 0.05) is 11.8 Å². The third-order valence-electron chi connectivity index (χ3n) is 13.6. The number of methoxy groups -OCH3 is 2. The average molecular weight is 563 g/mol. The van der Waals surface area contributed by atoms with Crippen LogP contribution in [0.1, 0.15) is 92.4 Å². The molecule has 11 atom stereocenters. The van der Waals surface area contributed by atoms with Crippen LogP contribution in [0.25, 0.3) is 0 Å². The molecule has 0 saturated heterocycles. The summed E-state index contributed by atoms with van der Waals surface area (Å²) in [4.78, 5) is 30.9. The highest BCUT2D eigenvalue weighted by Crippen LogP contribution is 2.89. The lowest BCUT2D eigenvalue weighted by molar-refractivity contribution is -0.297. The Balaban J connectivity index is 1.47. The van der Waals surface area contributed by atoms with Crippen LogP contribution in [0.3, 0.4) is 0 Å². The highest BCUT2D eigenvalue weighted by atomic mass is 17.1. The van der Waals surface area contributed by atoms with Crippen molar-refractivity contribution < 1.29 is 39.4 Å². The molecule has 0 aromatic rings. The van der Waals surface area contributed by atoms with Crippen molar-refractivity contribution >= 4 is 11.9 Å². The van der Waals surface area contributed by atoms with Crippen molar-refractivity contribution in [3.05, 3.63) is 12.2 Å². The number of rotatable bonds is 7. The summed E-state index contributed by atoms with van der Waals surface area (Å²) in [5.41, 5.74) is -2.39. The summed E-state index contributed by atoms with van der Waals surface area (Å²) in [5, 5.41) is 31.9. The molecule has 0 aliphatic heterocycles. The molecule has 5 aliphatic carbocycles. The summed E-state index contributed by atoms with van der Waals surface area (Å²) in [5.74, 6) is -0.441. The van der Waals surface area contributed by atoms with E-state index >= 15 is 0 Å². The topological polar surface area (TPSA) is 123 Å². The minimum absolute atomic E-state index is 0.0225. The van der Waals surface area contributed by atoms with Crippen molar-refractivity contribution in [1.82, 2.24) is 0 Å². The number of hydrogen-bond donors (Lipinski definition) is 3. The lowest BCUT2D eigenvalue weighted by Gasteiger charge is -2.63. The number of fused-ring (bicyclic) bond motifs is 2. The SMILES string of the molecule is COC(=O)[C@H](C/C=C/C(C)(C)OO)[C@H]1CC[C@@]2(C)[C@@H]3CC[C@H]4[C@](C)(C(=O)OC)[C@@H](O)C[C@H](O)[C@@]45C[C@@]35CC[C@]12C. The quantitative estimate of drug-likeness (QED) is 0.173. The van der Waals surface area contributed by atoms with Gasteiger partial charge in [0.25, 0.3) is 0 Å². The number of esters is 2. The minimum atomic E-state index is -1.02. The number of aliphatic hydroxyl groups excluding tert-OH is 2. The molecular formula is C32H50O8. The van der Waals surface area contributed by atoms with Crippen LogP contribution >= 0.6 is 0 Å². The summed E-state index contributed by atoms with van der Waals surface area (Å²) in [7, 11) is 2.85. The summed E-state index contributed by atoms with van der Waals surface area (Å²) < 4.78 is 10.6. The molecule has 8 heteroatoms. The summed E-state index contributed by atoms with van der Waals surface area (Å²) in [6, 6.07) is 0. The zero-order chi connectivity index (χ0) is 29.5. The fraction of sp³-hybridized carbons (Fsp3) is 0.875. The van der Waals surface area contributed by atoms with Crippen LogP contribution in [-0.4, -0.2) is 59.4 Å². The van der Waals surface area contributed by atoms with Gasteiger partial charge in [0.2, 0.25) is 0 Å². The maximum atomic E-state index is 13.2. The smallest absolute Gasteiger partial charge is 0.314 e. The van der Waals surface area contributed by atoms with Crippen LogP contribution in [0.5, 0.6) is 0 Å².